The van der Waals surface area contributed by atoms with Crippen LogP contribution < -0.4 is 0 Å². The van der Waals surface area contributed by atoms with Gasteiger partial charge in [-0.05, 0) is 0 Å². The molecule has 0 N–H and O–H groups in total. The first-order chi connectivity index (χ1) is 5.88. The van der Waals surface area contributed by atoms with Crippen LogP contribution in [0.25, 0.3) is 0 Å². The first-order valence-electron chi connectivity index (χ1n) is 3.70. The first kappa shape index (κ1) is 13.5. The Balaban J connectivity index is 4.53. The van der Waals surface area contributed by atoms with E-state index in [0.29, 0.717) is 6.92 Å². The fourth-order valence-electron chi connectivity index (χ4n) is 0.679. The van der Waals surface area contributed by atoms with E-state index in [-0.39, 0.29) is 6.92 Å². The smallest absolute Gasteiger partial charge is 0.200 e. The third kappa shape index (κ3) is 3.34. The summed E-state index contributed by atoms with van der Waals surface area (Å²) in [6.07, 6.45) is -6.78. The second kappa shape index (κ2) is 3.58. The maximum Gasteiger partial charge on any atom is 0.391 e. The molecular weight excluding hydrogens is 217 g/mol. The monoisotopic (exact) mass is 226 g/mol. The third-order valence-electron chi connectivity index (χ3n) is 1.76. The maximum atomic E-state index is 12.5. The van der Waals surface area contributed by atoms with Gasteiger partial charge >= 0.3 is 18.0 Å². The highest BCUT2D eigenvalue weighted by Gasteiger charge is 2.55. The van der Waals surface area contributed by atoms with Crippen molar-refractivity contribution in [2.24, 2.45) is 5.92 Å². The lowest BCUT2D eigenvalue weighted by atomic mass is 9.99. The summed E-state index contributed by atoms with van der Waals surface area (Å²) in [6.45, 7) is 0.343. The molecule has 0 aliphatic heterocycles. The van der Waals surface area contributed by atoms with E-state index in [1.165, 1.54) is 0 Å². The second-order valence-electron chi connectivity index (χ2n) is 3.24. The van der Waals surface area contributed by atoms with Gasteiger partial charge in [-0.1, -0.05) is 6.92 Å². The summed E-state index contributed by atoms with van der Waals surface area (Å²) in [7, 11) is 0. The minimum absolute atomic E-state index is 0.101. The molecule has 1 unspecified atom stereocenters. The third-order valence-corrected chi connectivity index (χ3v) is 1.76. The molecule has 0 bridgehead atoms. The Hall–Kier alpha value is -0.490. The quantitative estimate of drug-likeness (QED) is 0.641. The Bertz CT molecular complexity index is 187. The lowest BCUT2D eigenvalue weighted by Crippen LogP contribution is -2.41. The Morgan fingerprint density at radius 1 is 0.929 bits per heavy atom. The molecule has 0 spiro atoms. The molecule has 7 heteroatoms. The van der Waals surface area contributed by atoms with Gasteiger partial charge in [-0.3, -0.25) is 0 Å². The summed E-state index contributed by atoms with van der Waals surface area (Å²) in [5.41, 5.74) is 0. The molecule has 0 aromatic heterocycles. The zero-order valence-corrected chi connectivity index (χ0v) is 7.43. The van der Waals surface area contributed by atoms with E-state index in [2.05, 4.69) is 0 Å². The fraction of sp³-hybridized carbons (Fsp3) is 1.00. The summed E-state index contributed by atoms with van der Waals surface area (Å²) < 4.78 is 84.6. The standard InChI is InChI=1S/C7H9F7/c1-4(7(12,13)14)3-6(10,11)5(2,8)9/h4H,3H2,1-2H3. The van der Waals surface area contributed by atoms with Crippen molar-refractivity contribution >= 4 is 0 Å². The molecular formula is C7H9F7. The largest absolute Gasteiger partial charge is 0.391 e. The molecule has 0 amide bonds. The van der Waals surface area contributed by atoms with Gasteiger partial charge in [-0.15, -0.1) is 0 Å². The predicted octanol–water partition coefficient (Wildman–Crippen LogP) is 3.87. The summed E-state index contributed by atoms with van der Waals surface area (Å²) in [4.78, 5) is 0. The molecule has 0 saturated carbocycles. The fourth-order valence-corrected chi connectivity index (χ4v) is 0.679. The van der Waals surface area contributed by atoms with Gasteiger partial charge in [0, 0.05) is 13.3 Å². The van der Waals surface area contributed by atoms with Crippen LogP contribution in [0.3, 0.4) is 0 Å². The highest BCUT2D eigenvalue weighted by atomic mass is 19.4. The molecule has 0 aromatic carbocycles. The van der Waals surface area contributed by atoms with Gasteiger partial charge < -0.3 is 0 Å². The van der Waals surface area contributed by atoms with Gasteiger partial charge in [0.2, 0.25) is 0 Å². The van der Waals surface area contributed by atoms with Crippen molar-refractivity contribution in [2.45, 2.75) is 38.3 Å². The predicted molar refractivity (Wildman–Crippen MR) is 35.4 cm³/mol. The van der Waals surface area contributed by atoms with Crippen LogP contribution >= 0.6 is 0 Å². The lowest BCUT2D eigenvalue weighted by molar-refractivity contribution is -0.237. The lowest BCUT2D eigenvalue weighted by Gasteiger charge is -2.26. The minimum atomic E-state index is -4.88. The molecule has 0 nitrogen and oxygen atoms in total. The molecule has 0 aromatic rings. The van der Waals surface area contributed by atoms with E-state index in [0.717, 1.165) is 0 Å². The van der Waals surface area contributed by atoms with E-state index in [1.54, 1.807) is 0 Å². The van der Waals surface area contributed by atoms with Crippen molar-refractivity contribution in [3.8, 4) is 0 Å². The van der Waals surface area contributed by atoms with E-state index in [4.69, 9.17) is 0 Å². The number of rotatable bonds is 3. The topological polar surface area (TPSA) is 0 Å². The van der Waals surface area contributed by atoms with Crippen molar-refractivity contribution < 1.29 is 30.7 Å². The number of hydrogen-bond acceptors (Lipinski definition) is 0. The number of halogens is 7. The molecule has 1 atom stereocenters. The van der Waals surface area contributed by atoms with Crippen molar-refractivity contribution in [3.63, 3.8) is 0 Å². The zero-order chi connectivity index (χ0) is 11.8. The van der Waals surface area contributed by atoms with Gasteiger partial charge in [0.1, 0.15) is 0 Å². The minimum Gasteiger partial charge on any atom is -0.200 e. The van der Waals surface area contributed by atoms with Crippen LogP contribution in [0.15, 0.2) is 0 Å². The van der Waals surface area contributed by atoms with E-state index >= 15 is 0 Å². The van der Waals surface area contributed by atoms with Crippen molar-refractivity contribution in [1.29, 1.82) is 0 Å². The van der Waals surface area contributed by atoms with Gasteiger partial charge in [-0.2, -0.15) is 22.0 Å². The Kier molecular flexibility index (Phi) is 3.46. The molecule has 0 heterocycles. The Labute approximate surface area is 76.1 Å². The molecule has 0 aliphatic carbocycles. The number of alkyl halides is 7. The van der Waals surface area contributed by atoms with Gasteiger partial charge in [-0.25, -0.2) is 8.78 Å². The maximum absolute atomic E-state index is 12.5. The van der Waals surface area contributed by atoms with Gasteiger partial charge in [0.15, 0.2) is 0 Å². The molecule has 86 valence electrons. The average molecular weight is 226 g/mol. The second-order valence-corrected chi connectivity index (χ2v) is 3.24. The Morgan fingerprint density at radius 2 is 1.29 bits per heavy atom. The van der Waals surface area contributed by atoms with Gasteiger partial charge in [0.25, 0.3) is 0 Å². The van der Waals surface area contributed by atoms with Gasteiger partial charge in [0.05, 0.1) is 5.92 Å². The van der Waals surface area contributed by atoms with Crippen LogP contribution in [0, 0.1) is 5.92 Å². The van der Waals surface area contributed by atoms with Crippen molar-refractivity contribution in [3.05, 3.63) is 0 Å². The van der Waals surface area contributed by atoms with Crippen LogP contribution in [0.1, 0.15) is 20.3 Å². The highest BCUT2D eigenvalue weighted by molar-refractivity contribution is 4.83. The summed E-state index contributed by atoms with van der Waals surface area (Å²) >= 11 is 0. The van der Waals surface area contributed by atoms with Crippen LogP contribution in [-0.2, 0) is 0 Å². The molecule has 0 rings (SSSR count). The van der Waals surface area contributed by atoms with Crippen molar-refractivity contribution in [1.82, 2.24) is 0 Å². The molecule has 0 saturated heterocycles. The average Bonchev–Trinajstić information content (AvgIpc) is 1.80. The first-order valence-corrected chi connectivity index (χ1v) is 3.70. The van der Waals surface area contributed by atoms with Crippen LogP contribution in [-0.4, -0.2) is 18.0 Å². The van der Waals surface area contributed by atoms with E-state index < -0.39 is 30.4 Å². The molecule has 0 fully saturated rings. The van der Waals surface area contributed by atoms with E-state index in [1.807, 2.05) is 0 Å². The molecule has 14 heavy (non-hydrogen) atoms. The summed E-state index contributed by atoms with van der Waals surface area (Å²) in [6, 6.07) is 0. The Morgan fingerprint density at radius 3 is 1.50 bits per heavy atom. The molecule has 0 aliphatic rings. The van der Waals surface area contributed by atoms with Crippen LogP contribution in [0.5, 0.6) is 0 Å². The highest BCUT2D eigenvalue weighted by Crippen LogP contribution is 2.42. The van der Waals surface area contributed by atoms with Crippen LogP contribution in [0.2, 0.25) is 0 Å². The normalized spacial score (nSPS) is 16.9. The molecule has 0 radical (unpaired) electrons. The SMILES string of the molecule is CC(CC(F)(F)C(C)(F)F)C(F)(F)F. The number of hydrogen-bond donors (Lipinski definition) is 0. The summed E-state index contributed by atoms with van der Waals surface area (Å²) in [5, 5.41) is 0. The van der Waals surface area contributed by atoms with Crippen LogP contribution in [0.4, 0.5) is 30.7 Å². The van der Waals surface area contributed by atoms with Crippen molar-refractivity contribution in [2.75, 3.05) is 0 Å². The van der Waals surface area contributed by atoms with E-state index in [9.17, 15) is 30.7 Å². The summed E-state index contributed by atoms with van der Waals surface area (Å²) in [5.74, 6) is -11.5. The zero-order valence-electron chi connectivity index (χ0n) is 7.43.